The molecule has 1 aliphatic rings. The van der Waals surface area contributed by atoms with Crippen molar-refractivity contribution in [1.29, 1.82) is 0 Å². The van der Waals surface area contributed by atoms with Crippen LogP contribution in [0.4, 0.5) is 10.1 Å². The molecule has 0 aliphatic carbocycles. The van der Waals surface area contributed by atoms with Gasteiger partial charge >= 0.3 is 0 Å². The molecule has 144 valence electrons. The molecule has 28 heavy (non-hydrogen) atoms. The first kappa shape index (κ1) is 18.0. The van der Waals surface area contributed by atoms with Crippen molar-refractivity contribution in [3.8, 4) is 22.6 Å². The molecule has 1 amide bonds. The summed E-state index contributed by atoms with van der Waals surface area (Å²) >= 11 is 0. The number of hydrogen-bond acceptors (Lipinski definition) is 4. The Kier molecular flexibility index (Phi) is 4.46. The molecule has 0 atom stereocenters. The number of carbonyl (C=O) groups is 1. The number of carbonyl (C=O) groups excluding carboxylic acids is 1. The average Bonchev–Trinajstić information content (AvgIpc) is 3.30. The fraction of sp³-hybridized carbons (Fsp3) is 0.250. The van der Waals surface area contributed by atoms with Gasteiger partial charge in [-0.05, 0) is 36.2 Å². The minimum Gasteiger partial charge on any atom is -0.463 e. The van der Waals surface area contributed by atoms with Crippen LogP contribution in [0.5, 0.6) is 5.75 Å². The van der Waals surface area contributed by atoms with E-state index in [1.807, 2.05) is 13.2 Å². The summed E-state index contributed by atoms with van der Waals surface area (Å²) in [5, 5.41) is 4.23. The molecule has 0 bridgehead atoms. The van der Waals surface area contributed by atoms with Gasteiger partial charge in [-0.15, -0.1) is 0 Å². The molecule has 8 heteroatoms. The van der Waals surface area contributed by atoms with Crippen LogP contribution in [0.15, 0.2) is 47.7 Å². The van der Waals surface area contributed by atoms with Crippen molar-refractivity contribution < 1.29 is 13.9 Å². The minimum absolute atomic E-state index is 0.169. The second kappa shape index (κ2) is 6.95. The number of nitrogens with zero attached hydrogens (tertiary/aromatic N) is 4. The van der Waals surface area contributed by atoms with Crippen molar-refractivity contribution in [2.24, 2.45) is 7.05 Å². The molecule has 7 nitrogen and oxygen atoms in total. The number of fused-ring (bicyclic) bond motifs is 1. The first-order valence-electron chi connectivity index (χ1n) is 8.84. The number of alkyl halides is 1. The summed E-state index contributed by atoms with van der Waals surface area (Å²) in [7, 11) is 1.82. The van der Waals surface area contributed by atoms with Gasteiger partial charge in [0.25, 0.3) is 5.56 Å². The molecular formula is C20H19FN4O3. The number of pyridine rings is 1. The van der Waals surface area contributed by atoms with Gasteiger partial charge in [0.2, 0.25) is 12.8 Å². The molecule has 0 N–H and O–H groups in total. The summed E-state index contributed by atoms with van der Waals surface area (Å²) in [4.78, 5) is 26.8. The molecule has 0 unspecified atom stereocenters. The molecule has 4 rings (SSSR count). The smallest absolute Gasteiger partial charge is 0.279 e. The van der Waals surface area contributed by atoms with E-state index in [0.29, 0.717) is 30.1 Å². The van der Waals surface area contributed by atoms with Gasteiger partial charge in [-0.3, -0.25) is 18.8 Å². The van der Waals surface area contributed by atoms with Gasteiger partial charge in [-0.25, -0.2) is 4.39 Å². The molecular weight excluding hydrogens is 363 g/mol. The molecule has 3 aromatic rings. The topological polar surface area (TPSA) is 69.4 Å². The van der Waals surface area contributed by atoms with E-state index in [4.69, 9.17) is 4.74 Å². The largest absolute Gasteiger partial charge is 0.463 e. The average molecular weight is 382 g/mol. The molecule has 3 heterocycles. The van der Waals surface area contributed by atoms with Crippen LogP contribution >= 0.6 is 0 Å². The van der Waals surface area contributed by atoms with Gasteiger partial charge in [-0.2, -0.15) is 5.10 Å². The second-order valence-electron chi connectivity index (χ2n) is 6.62. The van der Waals surface area contributed by atoms with Gasteiger partial charge in [-0.1, -0.05) is 0 Å². The number of hydrogen-bond donors (Lipinski definition) is 0. The lowest BCUT2D eigenvalue weighted by Gasteiger charge is -2.17. The standard InChI is InChI=1S/C20H19FN4O3/c1-13(26)24-8-7-17-18(14-9-22-23(2)10-14)11-25(20(27)19(17)24)15-3-5-16(6-4-15)28-12-21/h3-6,9-11H,7-8,12H2,1-2H3. The van der Waals surface area contributed by atoms with Crippen molar-refractivity contribution in [3.63, 3.8) is 0 Å². The first-order valence-corrected chi connectivity index (χ1v) is 8.84. The Morgan fingerprint density at radius 2 is 2.00 bits per heavy atom. The van der Waals surface area contributed by atoms with E-state index < -0.39 is 6.86 Å². The van der Waals surface area contributed by atoms with Crippen molar-refractivity contribution >= 4 is 11.6 Å². The maximum absolute atomic E-state index is 13.2. The molecule has 0 saturated heterocycles. The molecule has 0 saturated carbocycles. The fourth-order valence-electron chi connectivity index (χ4n) is 3.58. The van der Waals surface area contributed by atoms with Crippen molar-refractivity contribution in [2.75, 3.05) is 18.3 Å². The summed E-state index contributed by atoms with van der Waals surface area (Å²) in [6.45, 7) is 1.01. The number of aromatic nitrogens is 3. The lowest BCUT2D eigenvalue weighted by atomic mass is 10.0. The van der Waals surface area contributed by atoms with E-state index in [1.54, 1.807) is 41.3 Å². The number of ether oxygens (including phenoxy) is 1. The number of halogens is 1. The van der Waals surface area contributed by atoms with Gasteiger partial charge < -0.3 is 9.64 Å². The second-order valence-corrected chi connectivity index (χ2v) is 6.62. The summed E-state index contributed by atoms with van der Waals surface area (Å²) in [5.41, 5.74) is 3.31. The molecule has 2 aromatic heterocycles. The monoisotopic (exact) mass is 382 g/mol. The van der Waals surface area contributed by atoms with Gasteiger partial charge in [0, 0.05) is 49.7 Å². The highest BCUT2D eigenvalue weighted by Gasteiger charge is 2.30. The van der Waals surface area contributed by atoms with Crippen LogP contribution in [0.2, 0.25) is 0 Å². The van der Waals surface area contributed by atoms with E-state index in [1.165, 1.54) is 16.4 Å². The summed E-state index contributed by atoms with van der Waals surface area (Å²) in [5.74, 6) is 0.204. The minimum atomic E-state index is -0.920. The molecule has 1 aromatic carbocycles. The molecule has 1 aliphatic heterocycles. The highest BCUT2D eigenvalue weighted by atomic mass is 19.1. The van der Waals surface area contributed by atoms with Crippen LogP contribution in [-0.4, -0.2) is 33.7 Å². The van der Waals surface area contributed by atoms with Crippen molar-refractivity contribution in [3.05, 3.63) is 58.8 Å². The van der Waals surface area contributed by atoms with E-state index in [0.717, 1.165) is 16.7 Å². The first-order chi connectivity index (χ1) is 13.5. The Morgan fingerprint density at radius 1 is 1.25 bits per heavy atom. The van der Waals surface area contributed by atoms with Crippen LogP contribution in [0, 0.1) is 0 Å². The van der Waals surface area contributed by atoms with Crippen molar-refractivity contribution in [1.82, 2.24) is 14.3 Å². The highest BCUT2D eigenvalue weighted by molar-refractivity contribution is 5.95. The van der Waals surface area contributed by atoms with Crippen LogP contribution < -0.4 is 15.2 Å². The highest BCUT2D eigenvalue weighted by Crippen LogP contribution is 2.34. The summed E-state index contributed by atoms with van der Waals surface area (Å²) < 4.78 is 20.4. The lowest BCUT2D eigenvalue weighted by Crippen LogP contribution is -2.32. The predicted octanol–water partition coefficient (Wildman–Crippen LogP) is 2.45. The zero-order valence-electron chi connectivity index (χ0n) is 15.6. The Hall–Kier alpha value is -3.42. The van der Waals surface area contributed by atoms with E-state index in [2.05, 4.69) is 5.10 Å². The number of rotatable bonds is 4. The van der Waals surface area contributed by atoms with Crippen LogP contribution in [-0.2, 0) is 18.3 Å². The Morgan fingerprint density at radius 3 is 2.61 bits per heavy atom. The van der Waals surface area contributed by atoms with Crippen LogP contribution in [0.1, 0.15) is 12.5 Å². The van der Waals surface area contributed by atoms with E-state index in [9.17, 15) is 14.0 Å². The molecule has 0 fully saturated rings. The van der Waals surface area contributed by atoms with E-state index >= 15 is 0 Å². The third-order valence-electron chi connectivity index (χ3n) is 4.88. The Labute approximate surface area is 160 Å². The normalized spacial score (nSPS) is 12.9. The van der Waals surface area contributed by atoms with Gasteiger partial charge in [0.05, 0.1) is 6.20 Å². The summed E-state index contributed by atoms with van der Waals surface area (Å²) in [6, 6.07) is 6.56. The maximum atomic E-state index is 13.2. The maximum Gasteiger partial charge on any atom is 0.279 e. The fourth-order valence-corrected chi connectivity index (χ4v) is 3.58. The Balaban J connectivity index is 1.93. The third kappa shape index (κ3) is 2.96. The zero-order valence-corrected chi connectivity index (χ0v) is 15.6. The van der Waals surface area contributed by atoms with Crippen LogP contribution in [0.3, 0.4) is 0 Å². The number of aryl methyl sites for hydroxylation is 1. The quantitative estimate of drug-likeness (QED) is 0.695. The van der Waals surface area contributed by atoms with E-state index in [-0.39, 0.29) is 11.5 Å². The SMILES string of the molecule is CC(=O)N1CCc2c(-c3cnn(C)c3)cn(-c3ccc(OCF)cc3)c(=O)c21. The van der Waals surface area contributed by atoms with Crippen LogP contribution in [0.25, 0.3) is 16.8 Å². The van der Waals surface area contributed by atoms with Crippen molar-refractivity contribution in [2.45, 2.75) is 13.3 Å². The third-order valence-corrected chi connectivity index (χ3v) is 4.88. The zero-order chi connectivity index (χ0) is 19.8. The Bertz CT molecular complexity index is 1100. The molecule has 0 spiro atoms. The predicted molar refractivity (Wildman–Crippen MR) is 103 cm³/mol. The molecule has 0 radical (unpaired) electrons. The van der Waals surface area contributed by atoms with Gasteiger partial charge in [0.1, 0.15) is 11.4 Å². The van der Waals surface area contributed by atoms with Gasteiger partial charge in [0.15, 0.2) is 0 Å². The lowest BCUT2D eigenvalue weighted by molar-refractivity contribution is -0.116. The number of amides is 1. The number of benzene rings is 1. The number of anilines is 1. The summed E-state index contributed by atoms with van der Waals surface area (Å²) in [6.07, 6.45) is 5.99.